The number of rotatable bonds is 5. The molecule has 1 aromatic carbocycles. The predicted molar refractivity (Wildman–Crippen MR) is 91.0 cm³/mol. The Bertz CT molecular complexity index is 845. The maximum absolute atomic E-state index is 12.2. The van der Waals surface area contributed by atoms with Crippen LogP contribution in [0.1, 0.15) is 52.8 Å². The third-order valence-electron chi connectivity index (χ3n) is 3.71. The number of methoxy groups -OCH3 is 1. The number of furan rings is 1. The zero-order valence-electron chi connectivity index (χ0n) is 14.9. The highest BCUT2D eigenvalue weighted by Gasteiger charge is 2.26. The van der Waals surface area contributed by atoms with Gasteiger partial charge in [-0.3, -0.25) is 10.1 Å². The Kier molecular flexibility index (Phi) is 5.44. The highest BCUT2D eigenvalue weighted by molar-refractivity contribution is 5.91. The van der Waals surface area contributed by atoms with Crippen LogP contribution in [0.5, 0.6) is 0 Å². The Hall–Kier alpha value is -3.16. The van der Waals surface area contributed by atoms with Crippen molar-refractivity contribution in [3.63, 3.8) is 0 Å². The summed E-state index contributed by atoms with van der Waals surface area (Å²) in [7, 11) is 1.20. The normalized spacial score (nSPS) is 11.1. The summed E-state index contributed by atoms with van der Waals surface area (Å²) in [4.78, 5) is 34.6. The summed E-state index contributed by atoms with van der Waals surface area (Å²) >= 11 is 0. The van der Waals surface area contributed by atoms with Crippen LogP contribution < -0.4 is 0 Å². The summed E-state index contributed by atoms with van der Waals surface area (Å²) in [5.74, 6) is -1.49. The molecule has 0 N–H and O–H groups in total. The summed E-state index contributed by atoms with van der Waals surface area (Å²) in [5, 5.41) is 11.3. The number of esters is 2. The summed E-state index contributed by atoms with van der Waals surface area (Å²) in [5.41, 5.74) is 0.308. The molecule has 0 saturated heterocycles. The zero-order chi connectivity index (χ0) is 19.5. The van der Waals surface area contributed by atoms with Gasteiger partial charge in [0.25, 0.3) is 5.69 Å². The molecule has 0 aliphatic heterocycles. The Morgan fingerprint density at radius 3 is 2.46 bits per heavy atom. The van der Waals surface area contributed by atoms with Crippen LogP contribution in [0.3, 0.4) is 0 Å². The molecule has 0 spiro atoms. The van der Waals surface area contributed by atoms with E-state index in [1.54, 1.807) is 6.07 Å². The van der Waals surface area contributed by atoms with Gasteiger partial charge in [-0.05, 0) is 17.5 Å². The van der Waals surface area contributed by atoms with E-state index in [-0.39, 0.29) is 23.6 Å². The summed E-state index contributed by atoms with van der Waals surface area (Å²) in [6.07, 6.45) is 1.28. The highest BCUT2D eigenvalue weighted by Crippen LogP contribution is 2.32. The Balaban J connectivity index is 2.21. The van der Waals surface area contributed by atoms with Crippen LogP contribution in [0.2, 0.25) is 0 Å². The van der Waals surface area contributed by atoms with Gasteiger partial charge in [0.05, 0.1) is 23.9 Å². The second-order valence-electron chi connectivity index (χ2n) is 6.58. The first-order valence-corrected chi connectivity index (χ1v) is 7.76. The first-order chi connectivity index (χ1) is 12.1. The van der Waals surface area contributed by atoms with E-state index in [0.29, 0.717) is 11.1 Å². The van der Waals surface area contributed by atoms with E-state index in [9.17, 15) is 19.7 Å². The molecule has 0 aliphatic carbocycles. The van der Waals surface area contributed by atoms with Crippen molar-refractivity contribution in [2.45, 2.75) is 32.8 Å². The van der Waals surface area contributed by atoms with E-state index in [0.717, 1.165) is 0 Å². The van der Waals surface area contributed by atoms with Gasteiger partial charge in [-0.1, -0.05) is 26.8 Å². The van der Waals surface area contributed by atoms with Crippen LogP contribution in [0.4, 0.5) is 5.69 Å². The van der Waals surface area contributed by atoms with E-state index in [4.69, 9.17) is 9.15 Å². The van der Waals surface area contributed by atoms with Crippen molar-refractivity contribution in [3.8, 4) is 0 Å². The Morgan fingerprint density at radius 2 is 1.88 bits per heavy atom. The van der Waals surface area contributed by atoms with Crippen molar-refractivity contribution in [1.29, 1.82) is 0 Å². The lowest BCUT2D eigenvalue weighted by molar-refractivity contribution is -0.386. The molecular weight excluding hydrogens is 342 g/mol. The molecule has 0 unspecified atom stereocenters. The van der Waals surface area contributed by atoms with Gasteiger partial charge in [-0.2, -0.15) is 0 Å². The van der Waals surface area contributed by atoms with Crippen LogP contribution in [0.15, 0.2) is 34.9 Å². The van der Waals surface area contributed by atoms with E-state index < -0.39 is 22.3 Å². The number of nitrogens with zero attached hydrogens (tertiary/aromatic N) is 1. The predicted octanol–water partition coefficient (Wildman–Crippen LogP) is 3.63. The van der Waals surface area contributed by atoms with Crippen LogP contribution in [-0.2, 0) is 21.5 Å². The maximum atomic E-state index is 12.2. The number of hydrogen-bond acceptors (Lipinski definition) is 7. The van der Waals surface area contributed by atoms with E-state index in [1.165, 1.54) is 31.6 Å². The fraction of sp³-hybridized carbons (Fsp3) is 0.333. The molecule has 0 fully saturated rings. The van der Waals surface area contributed by atoms with Crippen molar-refractivity contribution >= 4 is 17.6 Å². The maximum Gasteiger partial charge on any atom is 0.374 e. The van der Waals surface area contributed by atoms with E-state index in [2.05, 4.69) is 4.74 Å². The Labute approximate surface area is 149 Å². The standard InChI is InChI=1S/C18H19NO7/c1-18(2,3)13-6-5-11(9-14(13)19(22)23)16(20)26-10-12-7-8-25-15(12)17(21)24-4/h5-9H,10H2,1-4H3. The lowest BCUT2D eigenvalue weighted by Crippen LogP contribution is -2.15. The fourth-order valence-electron chi connectivity index (χ4n) is 2.39. The summed E-state index contributed by atoms with van der Waals surface area (Å²) < 4.78 is 14.7. The smallest absolute Gasteiger partial charge is 0.374 e. The highest BCUT2D eigenvalue weighted by atomic mass is 16.6. The van der Waals surface area contributed by atoms with Crippen molar-refractivity contribution in [1.82, 2.24) is 0 Å². The van der Waals surface area contributed by atoms with Gasteiger partial charge in [0.1, 0.15) is 6.61 Å². The number of hydrogen-bond donors (Lipinski definition) is 0. The number of carbonyl (C=O) groups excluding carboxylic acids is 2. The molecule has 2 rings (SSSR count). The third kappa shape index (κ3) is 4.08. The van der Waals surface area contributed by atoms with Crippen molar-refractivity contribution < 1.29 is 28.4 Å². The quantitative estimate of drug-likeness (QED) is 0.454. The minimum atomic E-state index is -0.745. The van der Waals surface area contributed by atoms with Gasteiger partial charge >= 0.3 is 11.9 Å². The van der Waals surface area contributed by atoms with Crippen LogP contribution in [0.25, 0.3) is 0 Å². The lowest BCUT2D eigenvalue weighted by Gasteiger charge is -2.19. The molecule has 0 radical (unpaired) electrons. The average Bonchev–Trinajstić information content (AvgIpc) is 3.06. The Morgan fingerprint density at radius 1 is 1.19 bits per heavy atom. The number of nitro groups is 1. The molecule has 1 aromatic heterocycles. The van der Waals surface area contributed by atoms with Crippen molar-refractivity contribution in [2.24, 2.45) is 0 Å². The van der Waals surface area contributed by atoms with Gasteiger partial charge in [0.2, 0.25) is 5.76 Å². The second-order valence-corrected chi connectivity index (χ2v) is 6.58. The molecule has 0 bridgehead atoms. The summed E-state index contributed by atoms with van der Waals surface area (Å²) in [6.45, 7) is 5.32. The van der Waals surface area contributed by atoms with Gasteiger partial charge in [-0.15, -0.1) is 0 Å². The first-order valence-electron chi connectivity index (χ1n) is 7.76. The molecule has 0 saturated carbocycles. The largest absolute Gasteiger partial charge is 0.463 e. The number of carbonyl (C=O) groups is 2. The van der Waals surface area contributed by atoms with Crippen LogP contribution >= 0.6 is 0 Å². The minimum Gasteiger partial charge on any atom is -0.463 e. The molecule has 1 heterocycles. The number of nitro benzene ring substituents is 1. The van der Waals surface area contributed by atoms with Crippen LogP contribution in [-0.4, -0.2) is 24.0 Å². The molecule has 0 atom stereocenters. The first kappa shape index (κ1) is 19.2. The van der Waals surface area contributed by atoms with Crippen molar-refractivity contribution in [3.05, 3.63) is 63.1 Å². The summed E-state index contributed by atoms with van der Waals surface area (Å²) in [6, 6.07) is 5.70. The average molecular weight is 361 g/mol. The number of ether oxygens (including phenoxy) is 2. The SMILES string of the molecule is COC(=O)c1occc1COC(=O)c1ccc(C(C)(C)C)c([N+](=O)[O-])c1. The van der Waals surface area contributed by atoms with E-state index in [1.807, 2.05) is 20.8 Å². The van der Waals surface area contributed by atoms with Gasteiger partial charge in [0.15, 0.2) is 0 Å². The molecule has 8 heteroatoms. The van der Waals surface area contributed by atoms with Gasteiger partial charge in [-0.25, -0.2) is 9.59 Å². The molecular formula is C18H19NO7. The monoisotopic (exact) mass is 361 g/mol. The molecule has 138 valence electrons. The molecule has 2 aromatic rings. The van der Waals surface area contributed by atoms with Gasteiger partial charge in [0, 0.05) is 17.2 Å². The van der Waals surface area contributed by atoms with Crippen LogP contribution in [0, 0.1) is 10.1 Å². The number of benzene rings is 1. The molecule has 0 aliphatic rings. The topological polar surface area (TPSA) is 109 Å². The molecule has 8 nitrogen and oxygen atoms in total. The minimum absolute atomic E-state index is 0.0489. The zero-order valence-corrected chi connectivity index (χ0v) is 14.9. The second kappa shape index (κ2) is 7.38. The van der Waals surface area contributed by atoms with Gasteiger partial charge < -0.3 is 13.9 Å². The van der Waals surface area contributed by atoms with Crippen molar-refractivity contribution in [2.75, 3.05) is 7.11 Å². The molecule has 26 heavy (non-hydrogen) atoms. The lowest BCUT2D eigenvalue weighted by atomic mass is 9.85. The molecule has 0 amide bonds. The van der Waals surface area contributed by atoms with E-state index >= 15 is 0 Å². The fourth-order valence-corrected chi connectivity index (χ4v) is 2.39. The third-order valence-corrected chi connectivity index (χ3v) is 3.71.